The summed E-state index contributed by atoms with van der Waals surface area (Å²) in [5, 5.41) is 25.7. The molecule has 0 unspecified atom stereocenters. The minimum absolute atomic E-state index is 0.101. The molecule has 0 fully saturated rings. The van der Waals surface area contributed by atoms with Crippen LogP contribution in [0.2, 0.25) is 0 Å². The number of hydrogen-bond donors (Lipinski definition) is 0. The van der Waals surface area contributed by atoms with Crippen LogP contribution in [-0.4, -0.2) is 35.6 Å². The number of halogens is 1. The van der Waals surface area contributed by atoms with Crippen molar-refractivity contribution in [3.8, 4) is 0 Å². The molecule has 0 saturated carbocycles. The highest BCUT2D eigenvalue weighted by molar-refractivity contribution is 6.55. The van der Waals surface area contributed by atoms with E-state index in [1.54, 1.807) is 0 Å². The fourth-order valence-electron chi connectivity index (χ4n) is 2.23. The van der Waals surface area contributed by atoms with Crippen molar-refractivity contribution in [1.29, 1.82) is 0 Å². The van der Waals surface area contributed by atoms with Crippen LogP contribution in [0.5, 0.6) is 0 Å². The van der Waals surface area contributed by atoms with Gasteiger partial charge in [-0.3, -0.25) is 25.0 Å². The lowest BCUT2D eigenvalue weighted by Gasteiger charge is -2.10. The van der Waals surface area contributed by atoms with Crippen molar-refractivity contribution in [2.75, 3.05) is 19.1 Å². The van der Waals surface area contributed by atoms with Crippen LogP contribution in [0.25, 0.3) is 0 Å². The third-order valence-electron chi connectivity index (χ3n) is 3.16. The van der Waals surface area contributed by atoms with Gasteiger partial charge in [0, 0.05) is 13.1 Å². The summed E-state index contributed by atoms with van der Waals surface area (Å²) in [5.41, 5.74) is -3.16. The third-order valence-corrected chi connectivity index (χ3v) is 3.16. The van der Waals surface area contributed by atoms with Gasteiger partial charge in [-0.05, 0) is 0 Å². The zero-order valence-electron chi connectivity index (χ0n) is 11.4. The molecule has 1 aromatic carbocycles. The molecule has 1 aromatic rings. The zero-order valence-corrected chi connectivity index (χ0v) is 11.4. The van der Waals surface area contributed by atoms with Crippen molar-refractivity contribution >= 4 is 28.7 Å². The topological polar surface area (TPSA) is 128 Å². The van der Waals surface area contributed by atoms with E-state index in [1.807, 2.05) is 0 Å². The van der Waals surface area contributed by atoms with E-state index in [-0.39, 0.29) is 11.3 Å². The maximum absolute atomic E-state index is 13.2. The number of nitro groups is 2. The van der Waals surface area contributed by atoms with Crippen molar-refractivity contribution < 1.29 is 23.9 Å². The number of likely N-dealkylation sites (N-methyl/N-ethyl adjacent to an activating group) is 1. The highest BCUT2D eigenvalue weighted by Gasteiger charge is 2.43. The molecule has 0 aromatic heterocycles. The van der Waals surface area contributed by atoms with Crippen LogP contribution in [0.15, 0.2) is 11.2 Å². The second kappa shape index (κ2) is 5.35. The van der Waals surface area contributed by atoms with Gasteiger partial charge in [-0.2, -0.15) is 0 Å². The van der Waals surface area contributed by atoms with Gasteiger partial charge in [-0.25, -0.2) is 4.39 Å². The Morgan fingerprint density at radius 3 is 2.45 bits per heavy atom. The number of amides is 1. The van der Waals surface area contributed by atoms with Gasteiger partial charge in [0.25, 0.3) is 17.3 Å². The van der Waals surface area contributed by atoms with Crippen LogP contribution in [-0.2, 0) is 16.3 Å². The molecule has 1 heterocycles. The Morgan fingerprint density at radius 1 is 1.36 bits per heavy atom. The fourth-order valence-corrected chi connectivity index (χ4v) is 2.23. The van der Waals surface area contributed by atoms with Crippen molar-refractivity contribution in [2.45, 2.75) is 6.67 Å². The minimum Gasteiger partial charge on any atom is -0.398 e. The van der Waals surface area contributed by atoms with Crippen molar-refractivity contribution in [3.05, 3.63) is 37.4 Å². The number of rotatable bonds is 4. The predicted octanol–water partition coefficient (Wildman–Crippen LogP) is 1.30. The van der Waals surface area contributed by atoms with Crippen LogP contribution in [0.3, 0.4) is 0 Å². The number of benzene rings is 1. The summed E-state index contributed by atoms with van der Waals surface area (Å²) in [7, 11) is 2.40. The van der Waals surface area contributed by atoms with Crippen molar-refractivity contribution in [2.24, 2.45) is 5.16 Å². The van der Waals surface area contributed by atoms with Crippen LogP contribution in [0, 0.1) is 20.2 Å². The van der Waals surface area contributed by atoms with E-state index in [0.717, 1.165) is 18.1 Å². The molecule has 0 saturated heterocycles. The number of nitrogens with zero attached hydrogens (tertiary/aromatic N) is 4. The predicted molar refractivity (Wildman–Crippen MR) is 71.5 cm³/mol. The van der Waals surface area contributed by atoms with Crippen molar-refractivity contribution in [1.82, 2.24) is 0 Å². The summed E-state index contributed by atoms with van der Waals surface area (Å²) in [4.78, 5) is 37.8. The molecule has 2 rings (SSSR count). The first-order valence-electron chi connectivity index (χ1n) is 5.79. The smallest absolute Gasteiger partial charge is 0.293 e. The van der Waals surface area contributed by atoms with Crippen LogP contribution < -0.4 is 4.90 Å². The molecule has 11 heteroatoms. The van der Waals surface area contributed by atoms with Gasteiger partial charge < -0.3 is 9.74 Å². The summed E-state index contributed by atoms with van der Waals surface area (Å²) in [6.07, 6.45) is 0. The average Bonchev–Trinajstić information content (AvgIpc) is 2.70. The number of oxime groups is 1. The molecule has 22 heavy (non-hydrogen) atoms. The van der Waals surface area contributed by atoms with Gasteiger partial charge in [0.05, 0.1) is 15.5 Å². The lowest BCUT2D eigenvalue weighted by molar-refractivity contribution is -0.395. The second-order valence-corrected chi connectivity index (χ2v) is 4.25. The Kier molecular flexibility index (Phi) is 3.72. The summed E-state index contributed by atoms with van der Waals surface area (Å²) in [6.45, 7) is -1.43. The molecule has 0 aliphatic carbocycles. The molecule has 0 N–H and O–H groups in total. The summed E-state index contributed by atoms with van der Waals surface area (Å²) in [5.74, 6) is -0.745. The van der Waals surface area contributed by atoms with E-state index >= 15 is 0 Å². The molecule has 1 aliphatic heterocycles. The maximum Gasteiger partial charge on any atom is 0.293 e. The zero-order chi connectivity index (χ0) is 16.6. The Bertz CT molecular complexity index is 732. The van der Waals surface area contributed by atoms with Gasteiger partial charge in [0.1, 0.15) is 24.9 Å². The Labute approximate surface area is 122 Å². The monoisotopic (exact) mass is 312 g/mol. The standard InChI is InChI=1S/C11H9FN4O6/c1-14-7-3-6(15(18)19)5(4-12)10(16(20)21)8(7)9(11(14)17)13-22-2/h3H,4H2,1-2H3. The minimum atomic E-state index is -1.43. The number of fused-ring (bicyclic) bond motifs is 1. The molecule has 0 atom stereocenters. The van der Waals surface area contributed by atoms with E-state index < -0.39 is 45.1 Å². The van der Waals surface area contributed by atoms with E-state index in [9.17, 15) is 29.4 Å². The molecular formula is C11H9FN4O6. The first-order valence-corrected chi connectivity index (χ1v) is 5.79. The number of carbonyl (C=O) groups is 1. The maximum atomic E-state index is 13.2. The van der Waals surface area contributed by atoms with Crippen LogP contribution in [0.1, 0.15) is 11.1 Å². The summed E-state index contributed by atoms with van der Waals surface area (Å²) < 4.78 is 13.2. The number of carbonyl (C=O) groups excluding carboxylic acids is 1. The summed E-state index contributed by atoms with van der Waals surface area (Å²) in [6, 6.07) is 0.910. The average molecular weight is 312 g/mol. The van der Waals surface area contributed by atoms with Gasteiger partial charge in [-0.1, -0.05) is 5.16 Å². The molecule has 0 radical (unpaired) electrons. The lowest BCUT2D eigenvalue weighted by atomic mass is 10.0. The van der Waals surface area contributed by atoms with Gasteiger partial charge >= 0.3 is 0 Å². The largest absolute Gasteiger partial charge is 0.398 e. The highest BCUT2D eigenvalue weighted by Crippen LogP contribution is 2.43. The second-order valence-electron chi connectivity index (χ2n) is 4.25. The van der Waals surface area contributed by atoms with E-state index in [2.05, 4.69) is 9.99 Å². The van der Waals surface area contributed by atoms with Gasteiger partial charge in [0.15, 0.2) is 5.71 Å². The molecular weight excluding hydrogens is 303 g/mol. The molecule has 1 aliphatic rings. The first kappa shape index (κ1) is 15.3. The summed E-state index contributed by atoms with van der Waals surface area (Å²) >= 11 is 0. The van der Waals surface area contributed by atoms with Gasteiger partial charge in [0.2, 0.25) is 0 Å². The number of anilines is 1. The van der Waals surface area contributed by atoms with Crippen molar-refractivity contribution in [3.63, 3.8) is 0 Å². The highest BCUT2D eigenvalue weighted by atomic mass is 19.1. The van der Waals surface area contributed by atoms with Crippen LogP contribution >= 0.6 is 0 Å². The number of nitro benzene ring substituents is 2. The van der Waals surface area contributed by atoms with E-state index in [0.29, 0.717) is 0 Å². The Balaban J connectivity index is 2.95. The molecule has 0 spiro atoms. The van der Waals surface area contributed by atoms with E-state index in [1.165, 1.54) is 7.05 Å². The Morgan fingerprint density at radius 2 is 2.00 bits per heavy atom. The molecule has 116 valence electrons. The Hall–Kier alpha value is -3.11. The van der Waals surface area contributed by atoms with Crippen LogP contribution in [0.4, 0.5) is 21.5 Å². The first-order chi connectivity index (χ1) is 10.3. The lowest BCUT2D eigenvalue weighted by Crippen LogP contribution is -2.25. The number of hydrogen-bond acceptors (Lipinski definition) is 7. The molecule has 0 bridgehead atoms. The normalized spacial score (nSPS) is 15.1. The third kappa shape index (κ3) is 2.03. The SMILES string of the molecule is CON=C1C(=O)N(C)c2cc([N+](=O)[O-])c(CF)c([N+](=O)[O-])c21. The van der Waals surface area contributed by atoms with Gasteiger partial charge in [-0.15, -0.1) is 0 Å². The molecule has 10 nitrogen and oxygen atoms in total. The quantitative estimate of drug-likeness (QED) is 0.608. The molecule has 1 amide bonds. The van der Waals surface area contributed by atoms with E-state index in [4.69, 9.17) is 0 Å². The fraction of sp³-hybridized carbons (Fsp3) is 0.273. The number of alkyl halides is 1.